The number of hydrogen-bond donors (Lipinski definition) is 4. The number of hydrogen-bond acceptors (Lipinski definition) is 8. The Kier molecular flexibility index (Phi) is 9.08. The van der Waals surface area contributed by atoms with Crippen molar-refractivity contribution in [1.82, 2.24) is 25.2 Å². The Hall–Kier alpha value is -4.24. The van der Waals surface area contributed by atoms with Crippen LogP contribution in [0.2, 0.25) is 0 Å². The van der Waals surface area contributed by atoms with E-state index in [0.717, 1.165) is 0 Å². The van der Waals surface area contributed by atoms with E-state index in [1.165, 1.54) is 33.4 Å². The van der Waals surface area contributed by atoms with E-state index in [0.29, 0.717) is 47.5 Å². The predicted molar refractivity (Wildman–Crippen MR) is 144 cm³/mol. The number of amides is 2. The van der Waals surface area contributed by atoms with Crippen molar-refractivity contribution < 1.29 is 23.8 Å². The molecule has 0 aliphatic carbocycles. The summed E-state index contributed by atoms with van der Waals surface area (Å²) >= 11 is 0. The van der Waals surface area contributed by atoms with Gasteiger partial charge in [-0.1, -0.05) is 0 Å². The standard InChI is InChI=1S/C27H34FN7O4/c1-26(2,9-6-10-30-25(37)39-5)34-20-12-21(22-8-7-18-11-17(13-29)14-33-35(18)22)31-15-19(20)24(36)32-16-23(28)27(3,4)38/h7-8,11-12,14-15,23,38H,6,9-10,16H2,1-5H3,(H,30,37)(H,31,34)(H,32,36)/t23-/m1/s1. The number of carbonyl (C=O) groups is 2. The van der Waals surface area contributed by atoms with Gasteiger partial charge in [0, 0.05) is 18.3 Å². The molecule has 3 aromatic rings. The Morgan fingerprint density at radius 3 is 2.62 bits per heavy atom. The summed E-state index contributed by atoms with van der Waals surface area (Å²) in [5, 5.41) is 32.0. The summed E-state index contributed by atoms with van der Waals surface area (Å²) in [6.45, 7) is 6.61. The largest absolute Gasteiger partial charge is 0.453 e. The summed E-state index contributed by atoms with van der Waals surface area (Å²) < 4.78 is 20.5. The number of fused-ring (bicyclic) bond motifs is 1. The summed E-state index contributed by atoms with van der Waals surface area (Å²) in [4.78, 5) is 28.9. The van der Waals surface area contributed by atoms with Gasteiger partial charge in [-0.2, -0.15) is 10.4 Å². The molecule has 3 rings (SSSR count). The molecule has 2 amide bonds. The molecule has 11 nitrogen and oxygen atoms in total. The van der Waals surface area contributed by atoms with Gasteiger partial charge in [-0.15, -0.1) is 0 Å². The monoisotopic (exact) mass is 539 g/mol. The molecule has 0 spiro atoms. The number of halogens is 1. The highest BCUT2D eigenvalue weighted by Crippen LogP contribution is 2.28. The van der Waals surface area contributed by atoms with Crippen LogP contribution in [0.25, 0.3) is 16.9 Å². The summed E-state index contributed by atoms with van der Waals surface area (Å²) in [5.74, 6) is -0.552. The number of aromatic nitrogens is 3. The molecule has 4 N–H and O–H groups in total. The number of pyridine rings is 1. The maximum Gasteiger partial charge on any atom is 0.406 e. The van der Waals surface area contributed by atoms with Crippen LogP contribution < -0.4 is 16.0 Å². The molecule has 0 saturated heterocycles. The first-order chi connectivity index (χ1) is 18.3. The predicted octanol–water partition coefficient (Wildman–Crippen LogP) is 3.43. The lowest BCUT2D eigenvalue weighted by Crippen LogP contribution is -2.42. The Morgan fingerprint density at radius 1 is 1.21 bits per heavy atom. The Labute approximate surface area is 226 Å². The minimum atomic E-state index is -1.67. The maximum atomic E-state index is 14.3. The van der Waals surface area contributed by atoms with Crippen LogP contribution in [0.3, 0.4) is 0 Å². The van der Waals surface area contributed by atoms with Crippen LogP contribution in [0.4, 0.5) is 14.9 Å². The van der Waals surface area contributed by atoms with Crippen LogP contribution in [0, 0.1) is 11.3 Å². The molecule has 208 valence electrons. The molecule has 1 atom stereocenters. The van der Waals surface area contributed by atoms with E-state index in [2.05, 4.69) is 36.8 Å². The fourth-order valence-corrected chi connectivity index (χ4v) is 3.88. The van der Waals surface area contributed by atoms with Crippen molar-refractivity contribution in [2.75, 3.05) is 25.5 Å². The van der Waals surface area contributed by atoms with E-state index in [1.54, 1.807) is 16.6 Å². The third kappa shape index (κ3) is 7.64. The van der Waals surface area contributed by atoms with E-state index < -0.39 is 29.3 Å². The van der Waals surface area contributed by atoms with Gasteiger partial charge >= 0.3 is 6.09 Å². The summed E-state index contributed by atoms with van der Waals surface area (Å²) in [7, 11) is 1.30. The van der Waals surface area contributed by atoms with Crippen molar-refractivity contribution in [2.24, 2.45) is 0 Å². The van der Waals surface area contributed by atoms with Gasteiger partial charge in [-0.25, -0.2) is 13.7 Å². The van der Waals surface area contributed by atoms with E-state index in [4.69, 9.17) is 5.26 Å². The highest BCUT2D eigenvalue weighted by molar-refractivity contribution is 6.00. The average Bonchev–Trinajstić information content (AvgIpc) is 3.31. The molecular weight excluding hydrogens is 505 g/mol. The van der Waals surface area contributed by atoms with E-state index in [9.17, 15) is 19.1 Å². The van der Waals surface area contributed by atoms with Crippen LogP contribution in [-0.4, -0.2) is 69.2 Å². The molecular formula is C27H34FN7O4. The van der Waals surface area contributed by atoms with Crippen molar-refractivity contribution in [1.29, 1.82) is 5.26 Å². The third-order valence-corrected chi connectivity index (χ3v) is 6.16. The summed E-state index contributed by atoms with van der Waals surface area (Å²) in [6, 6.07) is 9.12. The van der Waals surface area contributed by atoms with Gasteiger partial charge in [0.05, 0.1) is 59.2 Å². The van der Waals surface area contributed by atoms with Gasteiger partial charge in [0.2, 0.25) is 0 Å². The number of rotatable bonds is 11. The Bertz CT molecular complexity index is 1370. The number of carbonyl (C=O) groups excluding carboxylic acids is 2. The highest BCUT2D eigenvalue weighted by Gasteiger charge is 2.28. The summed E-state index contributed by atoms with van der Waals surface area (Å²) in [6.07, 6.45) is 1.96. The lowest BCUT2D eigenvalue weighted by Gasteiger charge is -2.29. The van der Waals surface area contributed by atoms with Gasteiger partial charge in [-0.3, -0.25) is 9.78 Å². The number of nitriles is 1. The SMILES string of the molecule is COC(=O)NCCCC(C)(C)Nc1cc(-c2ccc3cc(C#N)cnn23)ncc1C(=O)NC[C@@H](F)C(C)(C)O. The molecule has 39 heavy (non-hydrogen) atoms. The van der Waals surface area contributed by atoms with Gasteiger partial charge in [-0.05, 0) is 64.8 Å². The zero-order valence-electron chi connectivity index (χ0n) is 22.7. The van der Waals surface area contributed by atoms with Crippen LogP contribution in [0.15, 0.2) is 36.7 Å². The number of alkyl carbamates (subject to hydrolysis) is 1. The van der Waals surface area contributed by atoms with Gasteiger partial charge in [0.15, 0.2) is 0 Å². The van der Waals surface area contributed by atoms with Crippen LogP contribution >= 0.6 is 0 Å². The Morgan fingerprint density at radius 2 is 1.95 bits per heavy atom. The van der Waals surface area contributed by atoms with Crippen LogP contribution in [0.1, 0.15) is 56.5 Å². The second kappa shape index (κ2) is 12.1. The lowest BCUT2D eigenvalue weighted by molar-refractivity contribution is -0.00177. The van der Waals surface area contributed by atoms with Gasteiger partial charge in [0.1, 0.15) is 12.2 Å². The molecule has 0 bridgehead atoms. The first-order valence-corrected chi connectivity index (χ1v) is 12.5. The van der Waals surface area contributed by atoms with Crippen LogP contribution in [0.5, 0.6) is 0 Å². The number of nitrogens with zero attached hydrogens (tertiary/aromatic N) is 4. The quantitative estimate of drug-likeness (QED) is 0.270. The smallest absolute Gasteiger partial charge is 0.406 e. The van der Waals surface area contributed by atoms with Crippen molar-refractivity contribution >= 4 is 23.2 Å². The zero-order valence-corrected chi connectivity index (χ0v) is 22.7. The fraction of sp³-hybridized carbons (Fsp3) is 0.444. The molecule has 0 unspecified atom stereocenters. The Balaban J connectivity index is 1.91. The number of nitrogens with one attached hydrogen (secondary N) is 3. The van der Waals surface area contributed by atoms with E-state index in [-0.39, 0.29) is 12.1 Å². The van der Waals surface area contributed by atoms with Crippen molar-refractivity contribution in [3.05, 3.63) is 47.8 Å². The molecule has 0 saturated carbocycles. The summed E-state index contributed by atoms with van der Waals surface area (Å²) in [5.41, 5.74) is 0.850. The first kappa shape index (κ1) is 29.3. The number of ether oxygens (including phenoxy) is 1. The van der Waals surface area contributed by atoms with Gasteiger partial charge < -0.3 is 25.8 Å². The zero-order chi connectivity index (χ0) is 28.8. The highest BCUT2D eigenvalue weighted by atomic mass is 19.1. The average molecular weight is 540 g/mol. The minimum Gasteiger partial charge on any atom is -0.453 e. The molecule has 0 aliphatic heterocycles. The topological polar surface area (TPSA) is 154 Å². The molecule has 12 heteroatoms. The lowest BCUT2D eigenvalue weighted by atomic mass is 9.97. The minimum absolute atomic E-state index is 0.197. The molecule has 0 fully saturated rings. The number of methoxy groups -OCH3 is 1. The second-order valence-corrected chi connectivity index (χ2v) is 10.4. The molecule has 0 radical (unpaired) electrons. The van der Waals surface area contributed by atoms with E-state index in [1.807, 2.05) is 26.0 Å². The fourth-order valence-electron chi connectivity index (χ4n) is 3.88. The van der Waals surface area contributed by atoms with Crippen molar-refractivity contribution in [3.63, 3.8) is 0 Å². The first-order valence-electron chi connectivity index (χ1n) is 12.5. The molecule has 0 aliphatic rings. The molecule has 3 aromatic heterocycles. The van der Waals surface area contributed by atoms with E-state index >= 15 is 0 Å². The normalized spacial score (nSPS) is 12.5. The number of aliphatic hydroxyl groups is 1. The maximum absolute atomic E-state index is 14.3. The third-order valence-electron chi connectivity index (χ3n) is 6.16. The second-order valence-electron chi connectivity index (χ2n) is 10.4. The molecule has 0 aromatic carbocycles. The van der Waals surface area contributed by atoms with Crippen molar-refractivity contribution in [3.8, 4) is 17.5 Å². The number of anilines is 1. The van der Waals surface area contributed by atoms with Crippen LogP contribution in [-0.2, 0) is 4.74 Å². The van der Waals surface area contributed by atoms with Crippen molar-refractivity contribution in [2.45, 2.75) is 57.8 Å². The van der Waals surface area contributed by atoms with Gasteiger partial charge in [0.25, 0.3) is 5.91 Å². The number of alkyl halides is 1. The molecule has 3 heterocycles.